The van der Waals surface area contributed by atoms with E-state index in [1.54, 1.807) is 11.8 Å². The Hall–Kier alpha value is -0.380. The maximum atomic E-state index is 13.1. The van der Waals surface area contributed by atoms with E-state index in [0.29, 0.717) is 25.9 Å². The highest BCUT2D eigenvalue weighted by atomic mass is 35.5. The van der Waals surface area contributed by atoms with Crippen LogP contribution in [0, 0.1) is 5.41 Å². The lowest BCUT2D eigenvalue weighted by Gasteiger charge is -2.37. The van der Waals surface area contributed by atoms with Crippen molar-refractivity contribution in [3.8, 4) is 0 Å². The number of likely N-dealkylation sites (tertiary alicyclic amines) is 1. The zero-order valence-electron chi connectivity index (χ0n) is 10.0. The lowest BCUT2D eigenvalue weighted by Crippen LogP contribution is -2.39. The van der Waals surface area contributed by atoms with Gasteiger partial charge in [-0.1, -0.05) is 0 Å². The van der Waals surface area contributed by atoms with Crippen molar-refractivity contribution in [1.82, 2.24) is 4.90 Å². The van der Waals surface area contributed by atoms with Crippen LogP contribution in [-0.4, -0.2) is 35.2 Å². The Morgan fingerprint density at radius 3 is 2.35 bits per heavy atom. The molecule has 1 aliphatic heterocycles. The third-order valence-corrected chi connectivity index (χ3v) is 4.32. The predicted molar refractivity (Wildman–Crippen MR) is 62.4 cm³/mol. The van der Waals surface area contributed by atoms with Gasteiger partial charge in [-0.05, 0) is 31.6 Å². The number of nitrogens with zero attached hydrogens (tertiary/aromatic N) is 1. The molecule has 1 unspecified atom stereocenters. The molecule has 1 saturated heterocycles. The van der Waals surface area contributed by atoms with Gasteiger partial charge in [-0.2, -0.15) is 0 Å². The molecule has 0 N–H and O–H groups in total. The van der Waals surface area contributed by atoms with E-state index in [0.717, 1.165) is 6.42 Å². The molecule has 1 atom stereocenters. The molecule has 1 aliphatic carbocycles. The Balaban J connectivity index is 1.96. The van der Waals surface area contributed by atoms with Crippen molar-refractivity contribution < 1.29 is 13.6 Å². The van der Waals surface area contributed by atoms with Crippen LogP contribution in [0.25, 0.3) is 0 Å². The van der Waals surface area contributed by atoms with Gasteiger partial charge in [0.25, 0.3) is 0 Å². The molecule has 1 heterocycles. The predicted octanol–water partition coefficient (Wildman–Crippen LogP) is 3.04. The molecule has 1 amide bonds. The minimum absolute atomic E-state index is 0.0363. The van der Waals surface area contributed by atoms with E-state index in [2.05, 4.69) is 0 Å². The van der Waals surface area contributed by atoms with E-state index in [9.17, 15) is 13.6 Å². The first kappa shape index (κ1) is 13.1. The summed E-state index contributed by atoms with van der Waals surface area (Å²) in [6.07, 6.45) is 1.83. The highest BCUT2D eigenvalue weighted by molar-refractivity contribution is 6.30. The summed E-state index contributed by atoms with van der Waals surface area (Å²) in [6.45, 7) is 2.93. The molecule has 0 radical (unpaired) electrons. The van der Waals surface area contributed by atoms with Crippen molar-refractivity contribution in [3.05, 3.63) is 0 Å². The maximum absolute atomic E-state index is 13.1. The number of amides is 1. The topological polar surface area (TPSA) is 20.3 Å². The van der Waals surface area contributed by atoms with Crippen LogP contribution in [-0.2, 0) is 4.79 Å². The zero-order chi connectivity index (χ0) is 12.7. The molecule has 2 aliphatic rings. The number of alkyl halides is 3. The molecule has 2 rings (SSSR count). The van der Waals surface area contributed by atoms with E-state index in [1.807, 2.05) is 0 Å². The second-order valence-corrected chi connectivity index (χ2v) is 6.14. The first-order valence-electron chi connectivity index (χ1n) is 6.14. The average Bonchev–Trinajstić information content (AvgIpc) is 2.67. The number of rotatable bonds is 1. The number of hydrogen-bond acceptors (Lipinski definition) is 1. The summed E-state index contributed by atoms with van der Waals surface area (Å²) < 4.78 is 26.2. The SMILES string of the molecule is CC(Cl)C(=O)N1CCC2(CCC(F)(F)CC2)C1. The van der Waals surface area contributed by atoms with E-state index < -0.39 is 11.3 Å². The summed E-state index contributed by atoms with van der Waals surface area (Å²) in [7, 11) is 0. The van der Waals surface area contributed by atoms with Crippen molar-refractivity contribution >= 4 is 17.5 Å². The molecule has 0 aromatic rings. The zero-order valence-corrected chi connectivity index (χ0v) is 10.8. The molecule has 0 aromatic heterocycles. The molecule has 5 heteroatoms. The molecule has 1 saturated carbocycles. The standard InChI is InChI=1S/C12H18ClF2NO/c1-9(13)10(17)16-7-6-11(8-16)2-4-12(14,15)5-3-11/h9H,2-8H2,1H3. The summed E-state index contributed by atoms with van der Waals surface area (Å²) in [5.41, 5.74) is -0.0664. The highest BCUT2D eigenvalue weighted by Gasteiger charge is 2.47. The summed E-state index contributed by atoms with van der Waals surface area (Å²) in [5.74, 6) is -2.57. The van der Waals surface area contributed by atoms with Gasteiger partial charge < -0.3 is 4.90 Å². The second-order valence-electron chi connectivity index (χ2n) is 5.48. The van der Waals surface area contributed by atoms with E-state index in [-0.39, 0.29) is 24.2 Å². The molecule has 17 heavy (non-hydrogen) atoms. The van der Waals surface area contributed by atoms with Crippen LogP contribution < -0.4 is 0 Å². The Kier molecular flexibility index (Phi) is 3.36. The molecule has 1 spiro atoms. The fourth-order valence-electron chi connectivity index (χ4n) is 2.93. The summed E-state index contributed by atoms with van der Waals surface area (Å²) in [6, 6.07) is 0. The molecule has 0 bridgehead atoms. The fraction of sp³-hybridized carbons (Fsp3) is 0.917. The molecule has 2 fully saturated rings. The van der Waals surface area contributed by atoms with Crippen LogP contribution in [0.2, 0.25) is 0 Å². The van der Waals surface area contributed by atoms with Crippen LogP contribution >= 0.6 is 11.6 Å². The van der Waals surface area contributed by atoms with Crippen molar-refractivity contribution in [1.29, 1.82) is 0 Å². The Morgan fingerprint density at radius 2 is 1.82 bits per heavy atom. The van der Waals surface area contributed by atoms with Crippen LogP contribution in [0.15, 0.2) is 0 Å². The van der Waals surface area contributed by atoms with Gasteiger partial charge in [-0.15, -0.1) is 11.6 Å². The first-order chi connectivity index (χ1) is 7.84. The van der Waals surface area contributed by atoms with Gasteiger partial charge in [-0.3, -0.25) is 4.79 Å². The van der Waals surface area contributed by atoms with Crippen molar-refractivity contribution in [3.63, 3.8) is 0 Å². The smallest absolute Gasteiger partial charge is 0.248 e. The average molecular weight is 266 g/mol. The molecular weight excluding hydrogens is 248 g/mol. The number of halogens is 3. The first-order valence-corrected chi connectivity index (χ1v) is 6.58. The molecule has 2 nitrogen and oxygen atoms in total. The normalized spacial score (nSPS) is 28.4. The summed E-state index contributed by atoms with van der Waals surface area (Å²) in [4.78, 5) is 13.5. The Labute approximate surface area is 105 Å². The summed E-state index contributed by atoms with van der Waals surface area (Å²) in [5, 5.41) is -0.518. The third-order valence-electron chi connectivity index (χ3n) is 4.13. The van der Waals surface area contributed by atoms with Gasteiger partial charge in [0.2, 0.25) is 11.8 Å². The number of hydrogen-bond donors (Lipinski definition) is 0. The third kappa shape index (κ3) is 2.72. The number of carbonyl (C=O) groups excluding carboxylic acids is 1. The molecule has 0 aromatic carbocycles. The van der Waals surface area contributed by atoms with Gasteiger partial charge in [0.05, 0.1) is 0 Å². The lowest BCUT2D eigenvalue weighted by atomic mass is 9.72. The van der Waals surface area contributed by atoms with Crippen LogP contribution in [0.1, 0.15) is 39.0 Å². The van der Waals surface area contributed by atoms with Gasteiger partial charge in [0.15, 0.2) is 0 Å². The van der Waals surface area contributed by atoms with E-state index >= 15 is 0 Å². The van der Waals surface area contributed by atoms with Crippen molar-refractivity contribution in [2.24, 2.45) is 5.41 Å². The van der Waals surface area contributed by atoms with Gasteiger partial charge in [-0.25, -0.2) is 8.78 Å². The van der Waals surface area contributed by atoms with Crippen molar-refractivity contribution in [2.75, 3.05) is 13.1 Å². The Bertz CT molecular complexity index is 310. The largest absolute Gasteiger partial charge is 0.341 e. The molecular formula is C12H18ClF2NO. The minimum atomic E-state index is -2.50. The van der Waals surface area contributed by atoms with Crippen LogP contribution in [0.4, 0.5) is 8.78 Å². The highest BCUT2D eigenvalue weighted by Crippen LogP contribution is 2.48. The minimum Gasteiger partial charge on any atom is -0.341 e. The van der Waals surface area contributed by atoms with Gasteiger partial charge >= 0.3 is 0 Å². The lowest BCUT2D eigenvalue weighted by molar-refractivity contribution is -0.130. The second kappa shape index (κ2) is 4.38. The monoisotopic (exact) mass is 265 g/mol. The number of carbonyl (C=O) groups is 1. The fourth-order valence-corrected chi connectivity index (χ4v) is 3.07. The summed E-state index contributed by atoms with van der Waals surface area (Å²) >= 11 is 5.77. The van der Waals surface area contributed by atoms with Crippen LogP contribution in [0.3, 0.4) is 0 Å². The molecule has 98 valence electrons. The maximum Gasteiger partial charge on any atom is 0.248 e. The Morgan fingerprint density at radius 1 is 1.24 bits per heavy atom. The van der Waals surface area contributed by atoms with E-state index in [4.69, 9.17) is 11.6 Å². The van der Waals surface area contributed by atoms with Gasteiger partial charge in [0, 0.05) is 25.9 Å². The van der Waals surface area contributed by atoms with Gasteiger partial charge in [0.1, 0.15) is 5.38 Å². The van der Waals surface area contributed by atoms with E-state index in [1.165, 1.54) is 0 Å². The quantitative estimate of drug-likeness (QED) is 0.668. The van der Waals surface area contributed by atoms with Crippen molar-refractivity contribution in [2.45, 2.75) is 50.3 Å². The van der Waals surface area contributed by atoms with Crippen LogP contribution in [0.5, 0.6) is 0 Å².